The maximum absolute atomic E-state index is 11.4. The number of carbonyl (C=O) groups is 1. The topological polar surface area (TPSA) is 65.0 Å². The summed E-state index contributed by atoms with van der Waals surface area (Å²) in [4.78, 5) is 11.4. The van der Waals surface area contributed by atoms with Gasteiger partial charge in [-0.15, -0.1) is 0 Å². The van der Waals surface area contributed by atoms with Gasteiger partial charge in [-0.05, 0) is 24.1 Å². The van der Waals surface area contributed by atoms with Crippen molar-refractivity contribution in [3.05, 3.63) is 48.1 Å². The number of carboxylic acid groups (broad SMARTS) is 1. The summed E-state index contributed by atoms with van der Waals surface area (Å²) < 4.78 is 16.0. The molecule has 23 heavy (non-hydrogen) atoms. The predicted molar refractivity (Wildman–Crippen MR) is 86.9 cm³/mol. The Morgan fingerprint density at radius 1 is 1.13 bits per heavy atom. The standard InChI is InChI=1S/C18H22O5/c1-12(2)16-7-5-6-8-18(16,23-17(19)20)13-9-14(21-3)11-15(10-13)22-4/h5-12,16H,1-4H3,(H,19,20)/t16-,18-/m1/s1. The van der Waals surface area contributed by atoms with Crippen LogP contribution in [-0.2, 0) is 10.3 Å². The molecule has 1 aromatic rings. The van der Waals surface area contributed by atoms with Crippen molar-refractivity contribution >= 4 is 6.16 Å². The van der Waals surface area contributed by atoms with Crippen molar-refractivity contribution in [2.75, 3.05) is 14.2 Å². The summed E-state index contributed by atoms with van der Waals surface area (Å²) in [5.74, 6) is 1.20. The number of hydrogen-bond acceptors (Lipinski definition) is 4. The van der Waals surface area contributed by atoms with Crippen LogP contribution in [0.3, 0.4) is 0 Å². The van der Waals surface area contributed by atoms with Crippen molar-refractivity contribution in [2.24, 2.45) is 11.8 Å². The Bertz CT molecular complexity index is 610. The average molecular weight is 318 g/mol. The van der Waals surface area contributed by atoms with Gasteiger partial charge in [0, 0.05) is 17.5 Å². The van der Waals surface area contributed by atoms with E-state index < -0.39 is 11.8 Å². The van der Waals surface area contributed by atoms with E-state index in [-0.39, 0.29) is 11.8 Å². The second-order valence-electron chi connectivity index (χ2n) is 5.78. The summed E-state index contributed by atoms with van der Waals surface area (Å²) in [6.07, 6.45) is 6.14. The summed E-state index contributed by atoms with van der Waals surface area (Å²) in [6.45, 7) is 4.07. The molecule has 0 amide bonds. The van der Waals surface area contributed by atoms with Crippen LogP contribution in [0.15, 0.2) is 42.5 Å². The molecule has 0 saturated carbocycles. The third-order valence-electron chi connectivity index (χ3n) is 4.05. The van der Waals surface area contributed by atoms with Crippen molar-refractivity contribution < 1.29 is 24.1 Å². The summed E-state index contributed by atoms with van der Waals surface area (Å²) in [5.41, 5.74) is -0.438. The molecule has 0 aliphatic heterocycles. The lowest BCUT2D eigenvalue weighted by atomic mass is 9.73. The summed E-state index contributed by atoms with van der Waals surface area (Å²) in [5, 5.41) is 9.30. The molecule has 0 aromatic heterocycles. The Morgan fingerprint density at radius 3 is 2.22 bits per heavy atom. The third kappa shape index (κ3) is 3.33. The summed E-state index contributed by atoms with van der Waals surface area (Å²) in [6, 6.07) is 5.30. The zero-order chi connectivity index (χ0) is 17.0. The Hall–Kier alpha value is -2.43. The van der Waals surface area contributed by atoms with Gasteiger partial charge < -0.3 is 19.3 Å². The Balaban J connectivity index is 2.65. The first kappa shape index (κ1) is 16.9. The maximum Gasteiger partial charge on any atom is 0.507 e. The summed E-state index contributed by atoms with van der Waals surface area (Å²) >= 11 is 0. The fourth-order valence-electron chi connectivity index (χ4n) is 2.98. The molecule has 1 aliphatic carbocycles. The highest BCUT2D eigenvalue weighted by Gasteiger charge is 2.44. The highest BCUT2D eigenvalue weighted by molar-refractivity contribution is 5.60. The first-order chi connectivity index (χ1) is 10.9. The Kier molecular flexibility index (Phi) is 4.98. The SMILES string of the molecule is COc1cc(OC)cc([C@]2(OC(=O)O)C=CC=C[C@@H]2C(C)C)c1. The monoisotopic (exact) mass is 318 g/mol. The van der Waals surface area contributed by atoms with E-state index in [1.54, 1.807) is 44.6 Å². The van der Waals surface area contributed by atoms with E-state index in [4.69, 9.17) is 14.2 Å². The van der Waals surface area contributed by atoms with Crippen LogP contribution >= 0.6 is 0 Å². The fourth-order valence-corrected chi connectivity index (χ4v) is 2.98. The van der Waals surface area contributed by atoms with Gasteiger partial charge in [0.25, 0.3) is 0 Å². The number of ether oxygens (including phenoxy) is 3. The van der Waals surface area contributed by atoms with Gasteiger partial charge in [0.2, 0.25) is 0 Å². The molecule has 0 bridgehead atoms. The van der Waals surface area contributed by atoms with Gasteiger partial charge in [-0.3, -0.25) is 0 Å². The smallest absolute Gasteiger partial charge is 0.497 e. The number of rotatable bonds is 5. The van der Waals surface area contributed by atoms with Crippen LogP contribution in [0.5, 0.6) is 11.5 Å². The molecule has 5 nitrogen and oxygen atoms in total. The molecule has 1 aliphatic rings. The molecule has 5 heteroatoms. The molecule has 0 unspecified atom stereocenters. The van der Waals surface area contributed by atoms with Gasteiger partial charge in [-0.25, -0.2) is 4.79 Å². The van der Waals surface area contributed by atoms with Crippen molar-refractivity contribution in [1.82, 2.24) is 0 Å². The lowest BCUT2D eigenvalue weighted by molar-refractivity contribution is -0.0288. The molecular formula is C18H22O5. The normalized spacial score (nSPS) is 22.9. The molecule has 0 spiro atoms. The molecule has 0 fully saturated rings. The quantitative estimate of drug-likeness (QED) is 0.832. The van der Waals surface area contributed by atoms with E-state index in [9.17, 15) is 9.90 Å². The molecule has 124 valence electrons. The van der Waals surface area contributed by atoms with E-state index in [2.05, 4.69) is 0 Å². The highest BCUT2D eigenvalue weighted by Crippen LogP contribution is 2.44. The van der Waals surface area contributed by atoms with Crippen LogP contribution in [0.1, 0.15) is 19.4 Å². The van der Waals surface area contributed by atoms with Gasteiger partial charge in [0.15, 0.2) is 5.60 Å². The largest absolute Gasteiger partial charge is 0.507 e. The van der Waals surface area contributed by atoms with Crippen LogP contribution in [0.2, 0.25) is 0 Å². The van der Waals surface area contributed by atoms with Crippen LogP contribution in [0.4, 0.5) is 4.79 Å². The minimum atomic E-state index is -1.32. The van der Waals surface area contributed by atoms with Crippen LogP contribution in [-0.4, -0.2) is 25.5 Å². The molecule has 2 rings (SSSR count). The predicted octanol–water partition coefficient (Wildman–Crippen LogP) is 3.99. The molecule has 0 heterocycles. The van der Waals surface area contributed by atoms with Crippen LogP contribution in [0, 0.1) is 11.8 Å². The first-order valence-corrected chi connectivity index (χ1v) is 7.44. The van der Waals surface area contributed by atoms with Crippen molar-refractivity contribution in [1.29, 1.82) is 0 Å². The van der Waals surface area contributed by atoms with E-state index in [0.717, 1.165) is 0 Å². The Morgan fingerprint density at radius 2 is 1.74 bits per heavy atom. The molecule has 1 N–H and O–H groups in total. The van der Waals surface area contributed by atoms with Crippen LogP contribution < -0.4 is 9.47 Å². The molecular weight excluding hydrogens is 296 g/mol. The third-order valence-corrected chi connectivity index (χ3v) is 4.05. The molecule has 1 aromatic carbocycles. The molecule has 0 radical (unpaired) electrons. The number of benzene rings is 1. The van der Waals surface area contributed by atoms with Crippen molar-refractivity contribution in [2.45, 2.75) is 19.4 Å². The van der Waals surface area contributed by atoms with Gasteiger partial charge in [-0.2, -0.15) is 0 Å². The number of allylic oxidation sites excluding steroid dienone is 2. The van der Waals surface area contributed by atoms with Crippen molar-refractivity contribution in [3.8, 4) is 11.5 Å². The second-order valence-corrected chi connectivity index (χ2v) is 5.78. The maximum atomic E-state index is 11.4. The highest BCUT2D eigenvalue weighted by atomic mass is 16.7. The minimum absolute atomic E-state index is 0.139. The summed E-state index contributed by atoms with van der Waals surface area (Å²) in [7, 11) is 3.11. The van der Waals surface area contributed by atoms with Gasteiger partial charge in [0.05, 0.1) is 14.2 Å². The van der Waals surface area contributed by atoms with Gasteiger partial charge in [0.1, 0.15) is 11.5 Å². The van der Waals surface area contributed by atoms with E-state index in [1.807, 2.05) is 26.0 Å². The minimum Gasteiger partial charge on any atom is -0.497 e. The first-order valence-electron chi connectivity index (χ1n) is 7.44. The lowest BCUT2D eigenvalue weighted by Gasteiger charge is -2.39. The van der Waals surface area contributed by atoms with Crippen molar-refractivity contribution in [3.63, 3.8) is 0 Å². The van der Waals surface area contributed by atoms with E-state index >= 15 is 0 Å². The zero-order valence-electron chi connectivity index (χ0n) is 13.8. The lowest BCUT2D eigenvalue weighted by Crippen LogP contribution is -2.40. The van der Waals surface area contributed by atoms with Gasteiger partial charge >= 0.3 is 6.16 Å². The fraction of sp³-hybridized carbons (Fsp3) is 0.389. The average Bonchev–Trinajstić information content (AvgIpc) is 2.53. The van der Waals surface area contributed by atoms with Gasteiger partial charge in [-0.1, -0.05) is 32.1 Å². The second kappa shape index (κ2) is 6.77. The Labute approximate surface area is 136 Å². The van der Waals surface area contributed by atoms with Crippen LogP contribution in [0.25, 0.3) is 0 Å². The van der Waals surface area contributed by atoms with E-state index in [0.29, 0.717) is 17.1 Å². The molecule has 0 saturated heterocycles. The number of methoxy groups -OCH3 is 2. The van der Waals surface area contributed by atoms with E-state index in [1.165, 1.54) is 0 Å². The number of hydrogen-bond donors (Lipinski definition) is 1. The zero-order valence-corrected chi connectivity index (χ0v) is 13.8. The molecule has 2 atom stereocenters.